The topological polar surface area (TPSA) is 29.5 Å². The number of ether oxygens (including phenoxy) is 1. The van der Waals surface area contributed by atoms with Gasteiger partial charge in [-0.3, -0.25) is 0 Å². The predicted octanol–water partition coefficient (Wildman–Crippen LogP) is 0.606. The molecule has 1 rings (SSSR count). The molecule has 1 heterocycles. The molecule has 2 nitrogen and oxygen atoms in total. The fourth-order valence-corrected chi connectivity index (χ4v) is 0.565. The van der Waals surface area contributed by atoms with E-state index in [1.54, 1.807) is 0 Å². The number of halogens is 4. The molecule has 60 valence electrons. The highest BCUT2D eigenvalue weighted by molar-refractivity contribution is 4.92. The normalized spacial score (nSPS) is 36.3. The number of alkyl halides is 4. The molecule has 0 bridgehead atoms. The Balaban J connectivity index is 2.84. The van der Waals surface area contributed by atoms with Crippen LogP contribution in [0.2, 0.25) is 0 Å². The van der Waals surface area contributed by atoms with Crippen molar-refractivity contribution < 1.29 is 27.4 Å². The van der Waals surface area contributed by atoms with Crippen LogP contribution in [-0.4, -0.2) is 29.8 Å². The molecule has 0 spiro atoms. The van der Waals surface area contributed by atoms with Gasteiger partial charge in [0.25, 0.3) is 0 Å². The maximum Gasteiger partial charge on any atom is 0.361 e. The largest absolute Gasteiger partial charge is 0.363 e. The van der Waals surface area contributed by atoms with Crippen LogP contribution >= 0.6 is 0 Å². The molecule has 1 aliphatic rings. The molecule has 1 fully saturated rings. The zero-order valence-corrected chi connectivity index (χ0v) is 4.65. The summed E-state index contributed by atoms with van der Waals surface area (Å²) in [7, 11) is 0. The van der Waals surface area contributed by atoms with Crippen LogP contribution in [0.1, 0.15) is 0 Å². The van der Waals surface area contributed by atoms with Gasteiger partial charge in [-0.2, -0.15) is 17.6 Å². The van der Waals surface area contributed by atoms with Gasteiger partial charge in [-0.25, -0.2) is 0 Å². The molecule has 10 heavy (non-hydrogen) atoms. The number of aliphatic hydroxyl groups excluding tert-OH is 1. The lowest BCUT2D eigenvalue weighted by atomic mass is 10.2. The summed E-state index contributed by atoms with van der Waals surface area (Å²) in [4.78, 5) is 0. The first-order valence-corrected chi connectivity index (χ1v) is 2.43. The maximum absolute atomic E-state index is 12.0. The number of hydrogen-bond acceptors (Lipinski definition) is 2. The molecular formula is C4H4F4O2. The summed E-state index contributed by atoms with van der Waals surface area (Å²) in [5.74, 6) is -8.70. The van der Waals surface area contributed by atoms with E-state index in [1.165, 1.54) is 0 Å². The van der Waals surface area contributed by atoms with E-state index in [0.29, 0.717) is 0 Å². The third kappa shape index (κ3) is 0.791. The van der Waals surface area contributed by atoms with Gasteiger partial charge in [-0.15, -0.1) is 0 Å². The lowest BCUT2D eigenvalue weighted by molar-refractivity contribution is -0.233. The zero-order chi connectivity index (χ0) is 7.99. The summed E-state index contributed by atoms with van der Waals surface area (Å²) < 4.78 is 51.5. The monoisotopic (exact) mass is 160 g/mol. The molecule has 0 saturated carbocycles. The van der Waals surface area contributed by atoms with E-state index >= 15 is 0 Å². The van der Waals surface area contributed by atoms with E-state index in [4.69, 9.17) is 5.11 Å². The Kier molecular flexibility index (Phi) is 1.41. The minimum Gasteiger partial charge on any atom is -0.363 e. The van der Waals surface area contributed by atoms with Crippen LogP contribution in [0.4, 0.5) is 17.6 Å². The average Bonchev–Trinajstić information content (AvgIpc) is 1.94. The quantitative estimate of drug-likeness (QED) is 0.526. The Labute approximate surface area is 53.4 Å². The second-order valence-corrected chi connectivity index (χ2v) is 1.99. The molecule has 0 aliphatic carbocycles. The van der Waals surface area contributed by atoms with Gasteiger partial charge in [0.05, 0.1) is 0 Å². The predicted molar refractivity (Wildman–Crippen MR) is 21.9 cm³/mol. The Hall–Kier alpha value is -0.360. The Morgan fingerprint density at radius 3 is 1.90 bits per heavy atom. The van der Waals surface area contributed by atoms with Crippen LogP contribution in [0.3, 0.4) is 0 Å². The second kappa shape index (κ2) is 1.82. The lowest BCUT2D eigenvalue weighted by Crippen LogP contribution is -2.43. The van der Waals surface area contributed by atoms with E-state index in [0.717, 1.165) is 0 Å². The standard InChI is InChI=1S/C4H4F4O2/c5-3(6)1-10-2(9)4(3,7)8/h2,9H,1H2. The van der Waals surface area contributed by atoms with Crippen LogP contribution in [0.5, 0.6) is 0 Å². The average molecular weight is 160 g/mol. The van der Waals surface area contributed by atoms with Gasteiger partial charge >= 0.3 is 11.8 Å². The van der Waals surface area contributed by atoms with Crippen molar-refractivity contribution in [2.45, 2.75) is 18.1 Å². The Morgan fingerprint density at radius 2 is 1.80 bits per heavy atom. The van der Waals surface area contributed by atoms with Crippen molar-refractivity contribution in [2.75, 3.05) is 6.61 Å². The first-order chi connectivity index (χ1) is 4.38. The third-order valence-corrected chi connectivity index (χ3v) is 1.22. The summed E-state index contributed by atoms with van der Waals surface area (Å²) in [6.07, 6.45) is -2.68. The molecule has 6 heteroatoms. The van der Waals surface area contributed by atoms with Crippen LogP contribution < -0.4 is 0 Å². The zero-order valence-electron chi connectivity index (χ0n) is 4.65. The summed E-state index contributed by atoms with van der Waals surface area (Å²) in [6.45, 7) is -1.43. The molecule has 0 aromatic heterocycles. The number of aliphatic hydroxyl groups is 1. The summed E-state index contributed by atoms with van der Waals surface area (Å²) >= 11 is 0. The molecule has 0 amide bonds. The van der Waals surface area contributed by atoms with Gasteiger partial charge in [-0.1, -0.05) is 0 Å². The number of hydrogen-bond donors (Lipinski definition) is 1. The molecule has 1 atom stereocenters. The van der Waals surface area contributed by atoms with Gasteiger partial charge in [0.1, 0.15) is 6.61 Å². The van der Waals surface area contributed by atoms with Gasteiger partial charge < -0.3 is 9.84 Å². The fraction of sp³-hybridized carbons (Fsp3) is 1.00. The van der Waals surface area contributed by atoms with E-state index in [9.17, 15) is 17.6 Å². The van der Waals surface area contributed by atoms with Crippen molar-refractivity contribution in [3.63, 3.8) is 0 Å². The van der Waals surface area contributed by atoms with Crippen LogP contribution in [0, 0.1) is 0 Å². The molecule has 0 radical (unpaired) electrons. The molecule has 1 unspecified atom stereocenters. The SMILES string of the molecule is OC1OCC(F)(F)C1(F)F. The highest BCUT2D eigenvalue weighted by Gasteiger charge is 2.67. The highest BCUT2D eigenvalue weighted by atomic mass is 19.3. The third-order valence-electron chi connectivity index (χ3n) is 1.22. The Bertz CT molecular complexity index is 146. The lowest BCUT2D eigenvalue weighted by Gasteiger charge is -2.17. The van der Waals surface area contributed by atoms with Crippen molar-refractivity contribution in [3.8, 4) is 0 Å². The van der Waals surface area contributed by atoms with Crippen LogP contribution in [-0.2, 0) is 4.74 Å². The van der Waals surface area contributed by atoms with Gasteiger partial charge in [0.15, 0.2) is 0 Å². The molecule has 1 saturated heterocycles. The van der Waals surface area contributed by atoms with Crippen molar-refractivity contribution in [2.24, 2.45) is 0 Å². The molecular weight excluding hydrogens is 156 g/mol. The van der Waals surface area contributed by atoms with E-state index < -0.39 is 24.7 Å². The highest BCUT2D eigenvalue weighted by Crippen LogP contribution is 2.42. The van der Waals surface area contributed by atoms with Crippen molar-refractivity contribution in [1.29, 1.82) is 0 Å². The van der Waals surface area contributed by atoms with E-state index in [-0.39, 0.29) is 0 Å². The first kappa shape index (κ1) is 7.74. The molecule has 1 N–H and O–H groups in total. The Morgan fingerprint density at radius 1 is 1.30 bits per heavy atom. The van der Waals surface area contributed by atoms with Gasteiger partial charge in [0.2, 0.25) is 6.29 Å². The van der Waals surface area contributed by atoms with Crippen molar-refractivity contribution in [3.05, 3.63) is 0 Å². The van der Waals surface area contributed by atoms with Gasteiger partial charge in [0, 0.05) is 0 Å². The second-order valence-electron chi connectivity index (χ2n) is 1.99. The smallest absolute Gasteiger partial charge is 0.361 e. The summed E-state index contributed by atoms with van der Waals surface area (Å²) in [5.41, 5.74) is 0. The van der Waals surface area contributed by atoms with Crippen molar-refractivity contribution >= 4 is 0 Å². The molecule has 1 aliphatic heterocycles. The van der Waals surface area contributed by atoms with Crippen LogP contribution in [0.25, 0.3) is 0 Å². The fourth-order valence-electron chi connectivity index (χ4n) is 0.565. The van der Waals surface area contributed by atoms with Gasteiger partial charge in [-0.05, 0) is 0 Å². The molecule has 0 aromatic carbocycles. The van der Waals surface area contributed by atoms with Crippen molar-refractivity contribution in [1.82, 2.24) is 0 Å². The molecule has 0 aromatic rings. The first-order valence-electron chi connectivity index (χ1n) is 2.43. The summed E-state index contributed by atoms with van der Waals surface area (Å²) in [6, 6.07) is 0. The minimum atomic E-state index is -4.45. The summed E-state index contributed by atoms with van der Waals surface area (Å²) in [5, 5.41) is 8.14. The maximum atomic E-state index is 12.0. The van der Waals surface area contributed by atoms with E-state index in [2.05, 4.69) is 4.74 Å². The minimum absolute atomic E-state index is 1.43. The number of rotatable bonds is 0. The van der Waals surface area contributed by atoms with Crippen LogP contribution in [0.15, 0.2) is 0 Å². The van der Waals surface area contributed by atoms with E-state index in [1.807, 2.05) is 0 Å².